The van der Waals surface area contributed by atoms with Crippen LogP contribution in [0.4, 0.5) is 0 Å². The van der Waals surface area contributed by atoms with Crippen LogP contribution in [0.15, 0.2) is 22.8 Å². The van der Waals surface area contributed by atoms with Crippen LogP contribution in [0.3, 0.4) is 0 Å². The number of aryl methyl sites for hydroxylation is 1. The van der Waals surface area contributed by atoms with Gasteiger partial charge in [-0.3, -0.25) is 4.79 Å². The Labute approximate surface area is 108 Å². The van der Waals surface area contributed by atoms with Crippen LogP contribution in [-0.2, 0) is 11.2 Å². The molecule has 1 aromatic rings. The van der Waals surface area contributed by atoms with Crippen LogP contribution < -0.4 is 10.6 Å². The largest absolute Gasteiger partial charge is 0.469 e. The van der Waals surface area contributed by atoms with Gasteiger partial charge >= 0.3 is 0 Å². The van der Waals surface area contributed by atoms with Crippen molar-refractivity contribution >= 4 is 5.91 Å². The molecule has 100 valence electrons. The van der Waals surface area contributed by atoms with Gasteiger partial charge in [-0.1, -0.05) is 6.92 Å². The molecule has 0 aromatic carbocycles. The first kappa shape index (κ1) is 13.1. The summed E-state index contributed by atoms with van der Waals surface area (Å²) < 4.78 is 5.28. The molecule has 4 nitrogen and oxygen atoms in total. The van der Waals surface area contributed by atoms with E-state index in [0.717, 1.165) is 31.6 Å². The fraction of sp³-hybridized carbons (Fsp3) is 0.643. The van der Waals surface area contributed by atoms with Gasteiger partial charge in [0.1, 0.15) is 5.76 Å². The Balaban J connectivity index is 1.73. The lowest BCUT2D eigenvalue weighted by atomic mass is 10.0. The van der Waals surface area contributed by atoms with E-state index in [-0.39, 0.29) is 18.0 Å². The third-order valence-corrected chi connectivity index (χ3v) is 3.61. The fourth-order valence-corrected chi connectivity index (χ4v) is 2.40. The molecule has 1 aliphatic heterocycles. The summed E-state index contributed by atoms with van der Waals surface area (Å²) in [5.41, 5.74) is 0. The van der Waals surface area contributed by atoms with Gasteiger partial charge in [-0.15, -0.1) is 0 Å². The summed E-state index contributed by atoms with van der Waals surface area (Å²) >= 11 is 0. The molecule has 2 N–H and O–H groups in total. The molecule has 1 aromatic heterocycles. The number of hydrogen-bond acceptors (Lipinski definition) is 3. The zero-order chi connectivity index (χ0) is 13.0. The number of carbonyl (C=O) groups excluding carboxylic acids is 1. The van der Waals surface area contributed by atoms with E-state index in [4.69, 9.17) is 4.42 Å². The van der Waals surface area contributed by atoms with Gasteiger partial charge < -0.3 is 15.1 Å². The van der Waals surface area contributed by atoms with Gasteiger partial charge in [0, 0.05) is 12.5 Å². The van der Waals surface area contributed by atoms with Crippen molar-refractivity contribution in [3.05, 3.63) is 24.2 Å². The Morgan fingerprint density at radius 1 is 1.67 bits per heavy atom. The number of amides is 1. The average molecular weight is 250 g/mol. The van der Waals surface area contributed by atoms with Crippen molar-refractivity contribution in [1.82, 2.24) is 10.6 Å². The van der Waals surface area contributed by atoms with Gasteiger partial charge in [0.2, 0.25) is 5.91 Å². The molecule has 0 bridgehead atoms. The standard InChI is InChI=1S/C14H22N2O2/c1-10-7-8-15-13(10)14(17)16-11(2)5-6-12-4-3-9-18-12/h3-4,9-11,13,15H,5-8H2,1-2H3,(H,16,17). The lowest BCUT2D eigenvalue weighted by molar-refractivity contribution is -0.124. The molecule has 0 radical (unpaired) electrons. The molecule has 0 spiro atoms. The van der Waals surface area contributed by atoms with Crippen LogP contribution in [0.25, 0.3) is 0 Å². The Kier molecular flexibility index (Phi) is 4.42. The molecule has 1 saturated heterocycles. The smallest absolute Gasteiger partial charge is 0.237 e. The van der Waals surface area contributed by atoms with Crippen LogP contribution >= 0.6 is 0 Å². The second-order valence-electron chi connectivity index (χ2n) is 5.23. The Bertz CT molecular complexity index is 375. The molecule has 1 amide bonds. The maximum Gasteiger partial charge on any atom is 0.237 e. The zero-order valence-corrected chi connectivity index (χ0v) is 11.1. The van der Waals surface area contributed by atoms with Crippen molar-refractivity contribution < 1.29 is 9.21 Å². The highest BCUT2D eigenvalue weighted by Crippen LogP contribution is 2.14. The Morgan fingerprint density at radius 3 is 3.11 bits per heavy atom. The molecule has 0 saturated carbocycles. The quantitative estimate of drug-likeness (QED) is 0.836. The lowest BCUT2D eigenvalue weighted by Gasteiger charge is -2.19. The lowest BCUT2D eigenvalue weighted by Crippen LogP contribution is -2.46. The fourth-order valence-electron chi connectivity index (χ4n) is 2.40. The topological polar surface area (TPSA) is 54.3 Å². The molecule has 3 unspecified atom stereocenters. The minimum absolute atomic E-state index is 0.0175. The molecule has 1 fully saturated rings. The van der Waals surface area contributed by atoms with Gasteiger partial charge in [0.25, 0.3) is 0 Å². The molecule has 1 aliphatic rings. The van der Waals surface area contributed by atoms with E-state index in [0.29, 0.717) is 5.92 Å². The summed E-state index contributed by atoms with van der Waals surface area (Å²) in [6.45, 7) is 5.11. The van der Waals surface area contributed by atoms with Crippen LogP contribution in [0.5, 0.6) is 0 Å². The molecule has 18 heavy (non-hydrogen) atoms. The third-order valence-electron chi connectivity index (χ3n) is 3.61. The maximum atomic E-state index is 12.0. The van der Waals surface area contributed by atoms with Crippen LogP contribution in [0.2, 0.25) is 0 Å². The first-order valence-corrected chi connectivity index (χ1v) is 6.73. The maximum absolute atomic E-state index is 12.0. The highest BCUT2D eigenvalue weighted by Gasteiger charge is 2.29. The summed E-state index contributed by atoms with van der Waals surface area (Å²) in [4.78, 5) is 12.0. The van der Waals surface area contributed by atoms with E-state index in [1.807, 2.05) is 19.1 Å². The van der Waals surface area contributed by atoms with E-state index in [1.165, 1.54) is 0 Å². The number of rotatable bonds is 5. The zero-order valence-electron chi connectivity index (χ0n) is 11.1. The molecule has 2 heterocycles. The third kappa shape index (κ3) is 3.35. The Hall–Kier alpha value is -1.29. The molecular weight excluding hydrogens is 228 g/mol. The van der Waals surface area contributed by atoms with Gasteiger partial charge in [-0.2, -0.15) is 0 Å². The minimum atomic E-state index is -0.0175. The van der Waals surface area contributed by atoms with Crippen LogP contribution in [-0.4, -0.2) is 24.5 Å². The minimum Gasteiger partial charge on any atom is -0.469 e. The average Bonchev–Trinajstić information content (AvgIpc) is 2.97. The summed E-state index contributed by atoms with van der Waals surface area (Å²) in [5, 5.41) is 6.32. The van der Waals surface area contributed by atoms with Crippen molar-refractivity contribution in [3.63, 3.8) is 0 Å². The molecule has 3 atom stereocenters. The second kappa shape index (κ2) is 6.05. The summed E-state index contributed by atoms with van der Waals surface area (Å²) in [5.74, 6) is 1.54. The van der Waals surface area contributed by atoms with Crippen molar-refractivity contribution in [2.24, 2.45) is 5.92 Å². The van der Waals surface area contributed by atoms with E-state index in [1.54, 1.807) is 6.26 Å². The number of nitrogens with one attached hydrogen (secondary N) is 2. The van der Waals surface area contributed by atoms with E-state index < -0.39 is 0 Å². The van der Waals surface area contributed by atoms with Gasteiger partial charge in [-0.25, -0.2) is 0 Å². The predicted molar refractivity (Wildman–Crippen MR) is 70.2 cm³/mol. The van der Waals surface area contributed by atoms with Gasteiger partial charge in [-0.05, 0) is 44.4 Å². The van der Waals surface area contributed by atoms with Crippen molar-refractivity contribution in [2.45, 2.75) is 45.2 Å². The number of carbonyl (C=O) groups is 1. The van der Waals surface area contributed by atoms with Crippen molar-refractivity contribution in [2.75, 3.05) is 6.54 Å². The normalized spacial score (nSPS) is 25.0. The molecular formula is C14H22N2O2. The van der Waals surface area contributed by atoms with Gasteiger partial charge in [0.15, 0.2) is 0 Å². The van der Waals surface area contributed by atoms with Crippen LogP contribution in [0.1, 0.15) is 32.4 Å². The predicted octanol–water partition coefficient (Wildman–Crippen LogP) is 1.71. The molecule has 0 aliphatic carbocycles. The highest BCUT2D eigenvalue weighted by molar-refractivity contribution is 5.82. The van der Waals surface area contributed by atoms with E-state index in [2.05, 4.69) is 17.6 Å². The summed E-state index contributed by atoms with van der Waals surface area (Å²) in [6.07, 6.45) is 4.53. The van der Waals surface area contributed by atoms with Crippen molar-refractivity contribution in [3.8, 4) is 0 Å². The Morgan fingerprint density at radius 2 is 2.50 bits per heavy atom. The summed E-state index contributed by atoms with van der Waals surface area (Å²) in [7, 11) is 0. The molecule has 2 rings (SSSR count). The van der Waals surface area contributed by atoms with E-state index in [9.17, 15) is 4.79 Å². The first-order valence-electron chi connectivity index (χ1n) is 6.73. The molecule has 4 heteroatoms. The van der Waals surface area contributed by atoms with Crippen molar-refractivity contribution in [1.29, 1.82) is 0 Å². The first-order chi connectivity index (χ1) is 8.66. The SMILES string of the molecule is CC(CCc1ccco1)NC(=O)C1NCCC1C. The van der Waals surface area contributed by atoms with Crippen LogP contribution in [0, 0.1) is 5.92 Å². The monoisotopic (exact) mass is 250 g/mol. The number of furan rings is 1. The highest BCUT2D eigenvalue weighted by atomic mass is 16.3. The number of hydrogen-bond donors (Lipinski definition) is 2. The van der Waals surface area contributed by atoms with Gasteiger partial charge in [0.05, 0.1) is 12.3 Å². The van der Waals surface area contributed by atoms with E-state index >= 15 is 0 Å². The second-order valence-corrected chi connectivity index (χ2v) is 5.23. The summed E-state index contributed by atoms with van der Waals surface area (Å²) in [6, 6.07) is 4.02.